The van der Waals surface area contributed by atoms with Crippen LogP contribution in [0.3, 0.4) is 0 Å². The number of esters is 4. The second-order valence-corrected chi connectivity index (χ2v) is 32.3. The Bertz CT molecular complexity index is 1890. The summed E-state index contributed by atoms with van der Waals surface area (Å²) in [7, 11) is -9.91. The van der Waals surface area contributed by atoms with Gasteiger partial charge in [0.1, 0.15) is 19.3 Å². The van der Waals surface area contributed by atoms with E-state index in [4.69, 9.17) is 37.0 Å². The minimum Gasteiger partial charge on any atom is -0.462 e. The van der Waals surface area contributed by atoms with Gasteiger partial charge in [-0.25, -0.2) is 9.13 Å². The summed E-state index contributed by atoms with van der Waals surface area (Å²) in [6.07, 6.45) is 51.7. The van der Waals surface area contributed by atoms with Gasteiger partial charge >= 0.3 is 39.5 Å². The first-order valence-corrected chi connectivity index (χ1v) is 42.7. The number of carbonyl (C=O) groups excluding carboxylic acids is 4. The van der Waals surface area contributed by atoms with Gasteiger partial charge in [0.2, 0.25) is 0 Å². The SMILES string of the molecule is CCC(C)CCCCCCCCC(=O)OC[C@H](COP(=O)(O)OC[C@H](O)COP(=O)(O)OC[C@@H](COC(=O)CCCCCCCCCCCCCCCCCCCCC(C)C)OC(=O)CCCCCCCCC(C)C)OC(=O)CCCCCCCCCCCCCCCC(C)C. The van der Waals surface area contributed by atoms with Crippen LogP contribution in [-0.4, -0.2) is 96.7 Å². The van der Waals surface area contributed by atoms with Gasteiger partial charge in [-0.15, -0.1) is 0 Å². The summed E-state index contributed by atoms with van der Waals surface area (Å²) in [6, 6.07) is 0. The molecule has 3 unspecified atom stereocenters. The zero-order chi connectivity index (χ0) is 71.0. The van der Waals surface area contributed by atoms with Crippen molar-refractivity contribution in [2.75, 3.05) is 39.6 Å². The smallest absolute Gasteiger partial charge is 0.462 e. The molecule has 0 aliphatic carbocycles. The van der Waals surface area contributed by atoms with Gasteiger partial charge in [0.05, 0.1) is 26.4 Å². The van der Waals surface area contributed by atoms with Crippen LogP contribution in [-0.2, 0) is 65.4 Å². The zero-order valence-electron chi connectivity index (χ0n) is 63.0. The molecule has 0 rings (SSSR count). The highest BCUT2D eigenvalue weighted by Crippen LogP contribution is 2.45. The van der Waals surface area contributed by atoms with Crippen LogP contribution in [0.2, 0.25) is 0 Å². The second-order valence-electron chi connectivity index (χ2n) is 29.4. The second kappa shape index (κ2) is 66.3. The summed E-state index contributed by atoms with van der Waals surface area (Å²) in [4.78, 5) is 72.7. The third-order valence-electron chi connectivity index (χ3n) is 18.2. The molecule has 6 atom stereocenters. The molecule has 0 aliphatic rings. The number of rotatable bonds is 74. The molecule has 0 aliphatic heterocycles. The van der Waals surface area contributed by atoms with E-state index in [-0.39, 0.29) is 25.7 Å². The molecule has 0 amide bonds. The molecular formula is C77H150O17P2. The van der Waals surface area contributed by atoms with Gasteiger partial charge in [0.15, 0.2) is 12.2 Å². The minimum atomic E-state index is -4.96. The van der Waals surface area contributed by atoms with E-state index in [1.807, 2.05) is 0 Å². The Labute approximate surface area is 588 Å². The molecule has 17 nitrogen and oxygen atoms in total. The predicted octanol–water partition coefficient (Wildman–Crippen LogP) is 22.4. The maximum Gasteiger partial charge on any atom is 0.472 e. The molecule has 0 aromatic rings. The van der Waals surface area contributed by atoms with Gasteiger partial charge in [0.25, 0.3) is 0 Å². The Hall–Kier alpha value is -1.94. The predicted molar refractivity (Wildman–Crippen MR) is 391 cm³/mol. The molecule has 19 heteroatoms. The highest BCUT2D eigenvalue weighted by molar-refractivity contribution is 7.47. The summed E-state index contributed by atoms with van der Waals surface area (Å²) in [5.74, 6) is 0.884. The number of phosphoric ester groups is 2. The highest BCUT2D eigenvalue weighted by Gasteiger charge is 2.30. The number of aliphatic hydroxyl groups is 1. The van der Waals surface area contributed by atoms with E-state index in [2.05, 4.69) is 55.4 Å². The summed E-state index contributed by atoms with van der Waals surface area (Å²) in [5, 5.41) is 10.6. The van der Waals surface area contributed by atoms with E-state index in [0.717, 1.165) is 114 Å². The topological polar surface area (TPSA) is 237 Å². The maximum absolute atomic E-state index is 13.0. The quantitative estimate of drug-likeness (QED) is 0.0222. The number of hydrogen-bond donors (Lipinski definition) is 3. The van der Waals surface area contributed by atoms with Crippen molar-refractivity contribution in [2.24, 2.45) is 23.7 Å². The zero-order valence-corrected chi connectivity index (χ0v) is 64.8. The molecule has 0 saturated carbocycles. The number of phosphoric acid groups is 2. The number of carbonyl (C=O) groups is 4. The van der Waals surface area contributed by atoms with Gasteiger partial charge < -0.3 is 33.8 Å². The largest absolute Gasteiger partial charge is 0.472 e. The van der Waals surface area contributed by atoms with Crippen molar-refractivity contribution in [3.05, 3.63) is 0 Å². The van der Waals surface area contributed by atoms with Crippen LogP contribution in [0.15, 0.2) is 0 Å². The number of unbranched alkanes of at least 4 members (excludes halogenated alkanes) is 39. The van der Waals surface area contributed by atoms with E-state index < -0.39 is 97.5 Å². The van der Waals surface area contributed by atoms with Crippen LogP contribution in [0, 0.1) is 23.7 Å². The normalized spacial score (nSPS) is 14.4. The Morgan fingerprint density at radius 3 is 0.740 bits per heavy atom. The Morgan fingerprint density at radius 1 is 0.292 bits per heavy atom. The van der Waals surface area contributed by atoms with Gasteiger partial charge in [-0.3, -0.25) is 37.3 Å². The van der Waals surface area contributed by atoms with E-state index in [9.17, 15) is 43.2 Å². The first-order chi connectivity index (χ1) is 46.1. The fraction of sp³-hybridized carbons (Fsp3) is 0.948. The van der Waals surface area contributed by atoms with Crippen molar-refractivity contribution in [2.45, 2.75) is 408 Å². The first-order valence-electron chi connectivity index (χ1n) is 39.7. The molecule has 96 heavy (non-hydrogen) atoms. The van der Waals surface area contributed by atoms with Crippen LogP contribution >= 0.6 is 15.6 Å². The molecule has 0 fully saturated rings. The molecule has 0 aromatic carbocycles. The summed E-state index contributed by atoms with van der Waals surface area (Å²) in [6.45, 7) is 14.1. The molecule has 570 valence electrons. The standard InChI is InChI=1S/C77H150O17P2/c1-9-70(8)56-48-40-34-36-42-50-58-75(80)88-64-72(93-76(81)59-51-43-32-28-24-20-16-18-22-26-30-38-46-54-68(4)5)65-91-95(83,84)89-61-71(78)62-90-96(85,86)92-66-73(94-77(82)60-52-44-35-33-39-47-55-69(6)7)63-87-74(79)57-49-41-31-27-23-19-15-13-11-10-12-14-17-21-25-29-37-45-53-67(2)3/h67-73,78H,9-66H2,1-8H3,(H,83,84)(H,85,86)/t70?,71-,72+,73+/m0/s1. The number of aliphatic hydroxyl groups excluding tert-OH is 1. The van der Waals surface area contributed by atoms with E-state index in [0.29, 0.717) is 31.6 Å². The molecule has 0 heterocycles. The fourth-order valence-corrected chi connectivity index (χ4v) is 13.3. The lowest BCUT2D eigenvalue weighted by molar-refractivity contribution is -0.161. The number of ether oxygens (including phenoxy) is 4. The Balaban J connectivity index is 5.13. The molecular weight excluding hydrogens is 1260 g/mol. The molecule has 0 aromatic heterocycles. The first kappa shape index (κ1) is 94.1. The highest BCUT2D eigenvalue weighted by atomic mass is 31.2. The molecule has 0 spiro atoms. The lowest BCUT2D eigenvalue weighted by Gasteiger charge is -2.21. The average molecular weight is 1410 g/mol. The van der Waals surface area contributed by atoms with E-state index >= 15 is 0 Å². The van der Waals surface area contributed by atoms with Gasteiger partial charge in [-0.2, -0.15) is 0 Å². The summed E-state index contributed by atoms with van der Waals surface area (Å²) < 4.78 is 68.5. The van der Waals surface area contributed by atoms with Gasteiger partial charge in [-0.1, -0.05) is 338 Å². The molecule has 0 bridgehead atoms. The van der Waals surface area contributed by atoms with Gasteiger partial charge in [-0.05, 0) is 49.4 Å². The van der Waals surface area contributed by atoms with Crippen molar-refractivity contribution < 1.29 is 80.2 Å². The average Bonchev–Trinajstić information content (AvgIpc) is 1.32. The minimum absolute atomic E-state index is 0.102. The van der Waals surface area contributed by atoms with Crippen molar-refractivity contribution in [1.82, 2.24) is 0 Å². The van der Waals surface area contributed by atoms with Crippen molar-refractivity contribution in [1.29, 1.82) is 0 Å². The fourth-order valence-electron chi connectivity index (χ4n) is 11.7. The lowest BCUT2D eigenvalue weighted by atomic mass is 10.00. The third kappa shape index (κ3) is 69.2. The third-order valence-corrected chi connectivity index (χ3v) is 20.1. The maximum atomic E-state index is 13.0. The van der Waals surface area contributed by atoms with E-state index in [1.54, 1.807) is 0 Å². The van der Waals surface area contributed by atoms with Crippen LogP contribution in [0.5, 0.6) is 0 Å². The Morgan fingerprint density at radius 2 is 0.500 bits per heavy atom. The van der Waals surface area contributed by atoms with Crippen molar-refractivity contribution in [3.8, 4) is 0 Å². The van der Waals surface area contributed by atoms with Crippen LogP contribution < -0.4 is 0 Å². The lowest BCUT2D eigenvalue weighted by Crippen LogP contribution is -2.30. The monoisotopic (exact) mass is 1410 g/mol. The van der Waals surface area contributed by atoms with Crippen molar-refractivity contribution >= 4 is 39.5 Å². The van der Waals surface area contributed by atoms with Crippen LogP contribution in [0.1, 0.15) is 389 Å². The molecule has 0 saturated heterocycles. The Kier molecular flexibility index (Phi) is 65.0. The molecule has 0 radical (unpaired) electrons. The van der Waals surface area contributed by atoms with Crippen molar-refractivity contribution in [3.63, 3.8) is 0 Å². The molecule has 3 N–H and O–H groups in total. The van der Waals surface area contributed by atoms with E-state index in [1.165, 1.54) is 186 Å². The van der Waals surface area contributed by atoms with Crippen LogP contribution in [0.25, 0.3) is 0 Å². The number of hydrogen-bond acceptors (Lipinski definition) is 15. The summed E-state index contributed by atoms with van der Waals surface area (Å²) in [5.41, 5.74) is 0. The summed E-state index contributed by atoms with van der Waals surface area (Å²) >= 11 is 0. The van der Waals surface area contributed by atoms with Crippen LogP contribution in [0.4, 0.5) is 0 Å². The van der Waals surface area contributed by atoms with Gasteiger partial charge in [0, 0.05) is 25.7 Å².